The predicted molar refractivity (Wildman–Crippen MR) is 93.0 cm³/mol. The third-order valence-corrected chi connectivity index (χ3v) is 4.94. The van der Waals surface area contributed by atoms with Crippen molar-refractivity contribution < 1.29 is 4.79 Å². The largest absolute Gasteiger partial charge is 0.339 e. The van der Waals surface area contributed by atoms with Gasteiger partial charge in [-0.05, 0) is 36.8 Å². The van der Waals surface area contributed by atoms with Crippen LogP contribution in [0.3, 0.4) is 0 Å². The van der Waals surface area contributed by atoms with E-state index in [0.29, 0.717) is 11.5 Å². The van der Waals surface area contributed by atoms with Gasteiger partial charge in [0.2, 0.25) is 5.95 Å². The molecule has 1 fully saturated rings. The van der Waals surface area contributed by atoms with Crippen molar-refractivity contribution in [1.29, 1.82) is 0 Å². The number of hydrogen-bond donors (Lipinski definition) is 0. The average Bonchev–Trinajstić information content (AvgIpc) is 2.68. The van der Waals surface area contributed by atoms with Crippen molar-refractivity contribution in [3.8, 4) is 0 Å². The first-order chi connectivity index (χ1) is 11.8. The van der Waals surface area contributed by atoms with E-state index in [2.05, 4.69) is 39.1 Å². The standard InChI is InChI=1S/C19H22N4O/c24-18(22-9-4-1-5-10-22)17-12-20-19(21-13-17)23-11-8-15-6-2-3-7-16(15)14-23/h2-3,6-7,12-13H,1,4-5,8-11,14H2. The zero-order valence-electron chi connectivity index (χ0n) is 13.8. The molecule has 1 aromatic carbocycles. The second-order valence-corrected chi connectivity index (χ2v) is 6.56. The Hall–Kier alpha value is -2.43. The first-order valence-electron chi connectivity index (χ1n) is 8.74. The summed E-state index contributed by atoms with van der Waals surface area (Å²) in [5.74, 6) is 0.768. The lowest BCUT2D eigenvalue weighted by Gasteiger charge is -2.29. The molecule has 2 aliphatic rings. The van der Waals surface area contributed by atoms with E-state index in [9.17, 15) is 4.79 Å². The summed E-state index contributed by atoms with van der Waals surface area (Å²) in [4.78, 5) is 25.5. The fourth-order valence-electron chi connectivity index (χ4n) is 3.54. The topological polar surface area (TPSA) is 49.3 Å². The van der Waals surface area contributed by atoms with Gasteiger partial charge in [-0.15, -0.1) is 0 Å². The quantitative estimate of drug-likeness (QED) is 0.853. The van der Waals surface area contributed by atoms with Crippen molar-refractivity contribution in [2.24, 2.45) is 0 Å². The van der Waals surface area contributed by atoms with Crippen LogP contribution in [0.25, 0.3) is 0 Å². The van der Waals surface area contributed by atoms with Gasteiger partial charge in [0.1, 0.15) is 0 Å². The number of carbonyl (C=O) groups is 1. The summed E-state index contributed by atoms with van der Waals surface area (Å²) in [6, 6.07) is 8.51. The molecule has 0 radical (unpaired) electrons. The van der Waals surface area contributed by atoms with Gasteiger partial charge in [0, 0.05) is 38.6 Å². The van der Waals surface area contributed by atoms with E-state index >= 15 is 0 Å². The maximum absolute atomic E-state index is 12.5. The average molecular weight is 322 g/mol. The number of anilines is 1. The second-order valence-electron chi connectivity index (χ2n) is 6.56. The van der Waals surface area contributed by atoms with Crippen LogP contribution in [0, 0.1) is 0 Å². The molecule has 1 aromatic heterocycles. The van der Waals surface area contributed by atoms with Crippen molar-refractivity contribution in [1.82, 2.24) is 14.9 Å². The molecule has 2 aromatic rings. The number of likely N-dealkylation sites (tertiary alicyclic amines) is 1. The molecule has 2 aliphatic heterocycles. The number of aromatic nitrogens is 2. The predicted octanol–water partition coefficient (Wildman–Crippen LogP) is 2.67. The highest BCUT2D eigenvalue weighted by Crippen LogP contribution is 2.22. The first-order valence-corrected chi connectivity index (χ1v) is 8.74. The normalized spacial score (nSPS) is 17.5. The van der Waals surface area contributed by atoms with Gasteiger partial charge in [-0.1, -0.05) is 24.3 Å². The number of hydrogen-bond acceptors (Lipinski definition) is 4. The smallest absolute Gasteiger partial charge is 0.256 e. The van der Waals surface area contributed by atoms with E-state index in [0.717, 1.165) is 45.4 Å². The molecule has 124 valence electrons. The molecule has 0 atom stereocenters. The number of nitrogens with zero attached hydrogens (tertiary/aromatic N) is 4. The number of benzene rings is 1. The van der Waals surface area contributed by atoms with Crippen LogP contribution in [-0.4, -0.2) is 40.4 Å². The van der Waals surface area contributed by atoms with Crippen molar-refractivity contribution >= 4 is 11.9 Å². The Kier molecular flexibility index (Phi) is 4.15. The van der Waals surface area contributed by atoms with E-state index in [1.54, 1.807) is 12.4 Å². The van der Waals surface area contributed by atoms with Crippen molar-refractivity contribution in [2.75, 3.05) is 24.5 Å². The van der Waals surface area contributed by atoms with Crippen LogP contribution >= 0.6 is 0 Å². The number of amides is 1. The number of carbonyl (C=O) groups excluding carboxylic acids is 1. The molecular weight excluding hydrogens is 300 g/mol. The fraction of sp³-hybridized carbons (Fsp3) is 0.421. The summed E-state index contributed by atoms with van der Waals surface area (Å²) in [6.45, 7) is 3.44. The molecule has 4 rings (SSSR count). The minimum atomic E-state index is 0.0604. The van der Waals surface area contributed by atoms with Crippen molar-refractivity contribution in [3.63, 3.8) is 0 Å². The van der Waals surface area contributed by atoms with Crippen LogP contribution in [0.1, 0.15) is 40.7 Å². The number of rotatable bonds is 2. The van der Waals surface area contributed by atoms with E-state index in [-0.39, 0.29) is 5.91 Å². The summed E-state index contributed by atoms with van der Waals surface area (Å²) >= 11 is 0. The van der Waals surface area contributed by atoms with Gasteiger partial charge >= 0.3 is 0 Å². The highest BCUT2D eigenvalue weighted by atomic mass is 16.2. The lowest BCUT2D eigenvalue weighted by atomic mass is 10.0. The van der Waals surface area contributed by atoms with Crippen LogP contribution < -0.4 is 4.90 Å². The maximum atomic E-state index is 12.5. The van der Waals surface area contributed by atoms with E-state index in [1.807, 2.05) is 4.90 Å². The summed E-state index contributed by atoms with van der Waals surface area (Å²) < 4.78 is 0. The molecule has 3 heterocycles. The Morgan fingerprint density at radius 2 is 1.62 bits per heavy atom. The molecule has 0 unspecified atom stereocenters. The lowest BCUT2D eigenvalue weighted by Crippen LogP contribution is -2.36. The molecule has 0 aliphatic carbocycles. The van der Waals surface area contributed by atoms with Crippen molar-refractivity contribution in [3.05, 3.63) is 53.3 Å². The molecule has 0 saturated carbocycles. The van der Waals surface area contributed by atoms with E-state index < -0.39 is 0 Å². The van der Waals surface area contributed by atoms with Gasteiger partial charge in [0.25, 0.3) is 5.91 Å². The highest BCUT2D eigenvalue weighted by Gasteiger charge is 2.21. The maximum Gasteiger partial charge on any atom is 0.256 e. The molecule has 5 nitrogen and oxygen atoms in total. The van der Waals surface area contributed by atoms with Gasteiger partial charge in [0.15, 0.2) is 0 Å². The zero-order valence-corrected chi connectivity index (χ0v) is 13.8. The molecule has 0 N–H and O–H groups in total. The van der Waals surface area contributed by atoms with Gasteiger partial charge in [-0.2, -0.15) is 0 Å². The summed E-state index contributed by atoms with van der Waals surface area (Å²) in [5.41, 5.74) is 3.34. The zero-order chi connectivity index (χ0) is 16.4. The van der Waals surface area contributed by atoms with Gasteiger partial charge < -0.3 is 9.80 Å². The molecule has 5 heteroatoms. The Morgan fingerprint density at radius 3 is 2.38 bits per heavy atom. The third kappa shape index (κ3) is 2.98. The van der Waals surface area contributed by atoms with Crippen LogP contribution in [0.5, 0.6) is 0 Å². The second kappa shape index (κ2) is 6.59. The summed E-state index contributed by atoms with van der Waals surface area (Å²) in [7, 11) is 0. The van der Waals surface area contributed by atoms with E-state index in [4.69, 9.17) is 0 Å². The molecule has 24 heavy (non-hydrogen) atoms. The summed E-state index contributed by atoms with van der Waals surface area (Å²) in [5, 5.41) is 0. The molecular formula is C19H22N4O. The van der Waals surface area contributed by atoms with Crippen molar-refractivity contribution in [2.45, 2.75) is 32.2 Å². The van der Waals surface area contributed by atoms with Crippen LogP contribution in [0.4, 0.5) is 5.95 Å². The van der Waals surface area contributed by atoms with Crippen LogP contribution in [0.2, 0.25) is 0 Å². The van der Waals surface area contributed by atoms with Gasteiger partial charge in [-0.25, -0.2) is 9.97 Å². The van der Waals surface area contributed by atoms with E-state index in [1.165, 1.54) is 17.5 Å². The first kappa shape index (κ1) is 15.1. The molecule has 1 saturated heterocycles. The number of fused-ring (bicyclic) bond motifs is 1. The van der Waals surface area contributed by atoms with Gasteiger partial charge in [0.05, 0.1) is 5.56 Å². The Bertz CT molecular complexity index is 722. The summed E-state index contributed by atoms with van der Waals surface area (Å²) in [6.07, 6.45) is 7.78. The van der Waals surface area contributed by atoms with Crippen LogP contribution in [-0.2, 0) is 13.0 Å². The Labute approximate surface area is 142 Å². The number of piperidine rings is 1. The lowest BCUT2D eigenvalue weighted by molar-refractivity contribution is 0.0723. The fourth-order valence-corrected chi connectivity index (χ4v) is 3.54. The molecule has 0 bridgehead atoms. The third-order valence-electron chi connectivity index (χ3n) is 4.94. The van der Waals surface area contributed by atoms with Gasteiger partial charge in [-0.3, -0.25) is 4.79 Å². The Balaban J connectivity index is 1.47. The van der Waals surface area contributed by atoms with Crippen LogP contribution in [0.15, 0.2) is 36.7 Å². The molecule has 0 spiro atoms. The molecule has 1 amide bonds. The minimum Gasteiger partial charge on any atom is -0.339 e. The monoisotopic (exact) mass is 322 g/mol. The highest BCUT2D eigenvalue weighted by molar-refractivity contribution is 5.93. The minimum absolute atomic E-state index is 0.0604. The Morgan fingerprint density at radius 1 is 0.917 bits per heavy atom. The SMILES string of the molecule is O=C(c1cnc(N2CCc3ccccc3C2)nc1)N1CCCCC1.